The van der Waals surface area contributed by atoms with Crippen molar-refractivity contribution in [1.29, 1.82) is 0 Å². The number of nitrogens with zero attached hydrogens (tertiary/aromatic N) is 1. The zero-order valence-corrected chi connectivity index (χ0v) is 12.2. The number of piperidine rings is 3. The first-order valence-electron chi connectivity index (χ1n) is 6.91. The maximum atomic E-state index is 11.8. The summed E-state index contributed by atoms with van der Waals surface area (Å²) >= 11 is 0. The van der Waals surface area contributed by atoms with Gasteiger partial charge in [0.25, 0.3) is 0 Å². The molecule has 3 heterocycles. The van der Waals surface area contributed by atoms with Crippen LogP contribution in [0.5, 0.6) is 5.75 Å². The summed E-state index contributed by atoms with van der Waals surface area (Å²) in [5.74, 6) is 0.988. The molecule has 0 spiro atoms. The number of hydrogen-bond donors (Lipinski definition) is 0. The molecule has 0 aromatic heterocycles. The molecule has 20 heavy (non-hydrogen) atoms. The van der Waals surface area contributed by atoms with Crippen molar-refractivity contribution in [3.63, 3.8) is 0 Å². The van der Waals surface area contributed by atoms with Gasteiger partial charge in [0.1, 0.15) is 11.9 Å². The first-order chi connectivity index (χ1) is 9.31. The van der Waals surface area contributed by atoms with Gasteiger partial charge in [-0.3, -0.25) is 4.90 Å². The zero-order chi connectivity index (χ0) is 13.1. The quantitative estimate of drug-likeness (QED) is 0.798. The highest BCUT2D eigenvalue weighted by molar-refractivity contribution is 5.85. The smallest absolute Gasteiger partial charge is 0.344 e. The fourth-order valence-corrected chi connectivity index (χ4v) is 2.91. The van der Waals surface area contributed by atoms with E-state index in [1.807, 2.05) is 30.3 Å². The molecule has 3 saturated heterocycles. The third-order valence-corrected chi connectivity index (χ3v) is 3.98. The fraction of sp³-hybridized carbons (Fsp3) is 0.533. The Morgan fingerprint density at radius 3 is 2.50 bits per heavy atom. The molecule has 3 aliphatic heterocycles. The van der Waals surface area contributed by atoms with Gasteiger partial charge in [-0.25, -0.2) is 4.79 Å². The van der Waals surface area contributed by atoms with Crippen LogP contribution in [0.3, 0.4) is 0 Å². The van der Waals surface area contributed by atoms with Gasteiger partial charge in [0.15, 0.2) is 6.61 Å². The van der Waals surface area contributed by atoms with E-state index < -0.39 is 0 Å². The van der Waals surface area contributed by atoms with Crippen LogP contribution < -0.4 is 4.74 Å². The third-order valence-electron chi connectivity index (χ3n) is 3.98. The molecule has 0 N–H and O–H groups in total. The van der Waals surface area contributed by atoms with Gasteiger partial charge in [-0.1, -0.05) is 18.2 Å². The molecule has 4 nitrogen and oxygen atoms in total. The van der Waals surface area contributed by atoms with E-state index in [0.717, 1.165) is 32.5 Å². The van der Waals surface area contributed by atoms with Crippen LogP contribution in [0.2, 0.25) is 0 Å². The molecule has 3 aliphatic rings. The molecule has 1 unspecified atom stereocenters. The molecule has 2 bridgehead atoms. The third kappa shape index (κ3) is 3.64. The van der Waals surface area contributed by atoms with E-state index in [9.17, 15) is 4.79 Å². The minimum atomic E-state index is -0.261. The van der Waals surface area contributed by atoms with E-state index in [1.165, 1.54) is 0 Å². The Balaban J connectivity index is 0.00000147. The molecular formula is C15H20ClNO3. The predicted molar refractivity (Wildman–Crippen MR) is 78.2 cm³/mol. The summed E-state index contributed by atoms with van der Waals surface area (Å²) in [6.07, 6.45) is 2.36. The molecule has 1 aromatic rings. The van der Waals surface area contributed by atoms with Gasteiger partial charge in [0.2, 0.25) is 0 Å². The van der Waals surface area contributed by atoms with Crippen molar-refractivity contribution < 1.29 is 14.3 Å². The number of hydrogen-bond acceptors (Lipinski definition) is 4. The number of rotatable bonds is 4. The second kappa shape index (κ2) is 6.95. The highest BCUT2D eigenvalue weighted by Gasteiger charge is 2.36. The van der Waals surface area contributed by atoms with Crippen LogP contribution in [-0.4, -0.2) is 43.2 Å². The Bertz CT molecular complexity index is 432. The van der Waals surface area contributed by atoms with E-state index in [2.05, 4.69) is 4.90 Å². The normalized spacial score (nSPS) is 27.5. The average Bonchev–Trinajstić information content (AvgIpc) is 2.47. The number of fused-ring (bicyclic) bond motifs is 3. The minimum absolute atomic E-state index is 0. The molecule has 1 atom stereocenters. The predicted octanol–water partition coefficient (Wildman–Crippen LogP) is 2.12. The maximum absolute atomic E-state index is 11.8. The van der Waals surface area contributed by atoms with Crippen LogP contribution >= 0.6 is 12.4 Å². The maximum Gasteiger partial charge on any atom is 0.344 e. The Kier molecular flexibility index (Phi) is 5.26. The van der Waals surface area contributed by atoms with Gasteiger partial charge < -0.3 is 9.47 Å². The lowest BCUT2D eigenvalue weighted by molar-refractivity contribution is -0.161. The van der Waals surface area contributed by atoms with Crippen molar-refractivity contribution in [2.24, 2.45) is 5.92 Å². The molecule has 3 fully saturated rings. The lowest BCUT2D eigenvalue weighted by atomic mass is 9.86. The zero-order valence-electron chi connectivity index (χ0n) is 11.4. The molecule has 4 rings (SSSR count). The molecule has 0 aliphatic carbocycles. The van der Waals surface area contributed by atoms with Gasteiger partial charge in [-0.15, -0.1) is 12.4 Å². The monoisotopic (exact) mass is 297 g/mol. The molecule has 0 saturated carbocycles. The Morgan fingerprint density at radius 1 is 1.20 bits per heavy atom. The van der Waals surface area contributed by atoms with Crippen LogP contribution in [0.15, 0.2) is 30.3 Å². The van der Waals surface area contributed by atoms with Gasteiger partial charge in [-0.2, -0.15) is 0 Å². The van der Waals surface area contributed by atoms with E-state index in [1.54, 1.807) is 0 Å². The van der Waals surface area contributed by atoms with Crippen molar-refractivity contribution >= 4 is 18.4 Å². The topological polar surface area (TPSA) is 38.8 Å². The van der Waals surface area contributed by atoms with E-state index in [4.69, 9.17) is 9.47 Å². The summed E-state index contributed by atoms with van der Waals surface area (Å²) in [5.41, 5.74) is 0. The number of carbonyl (C=O) groups is 1. The van der Waals surface area contributed by atoms with Crippen LogP contribution in [0.25, 0.3) is 0 Å². The van der Waals surface area contributed by atoms with Crippen LogP contribution in [0.1, 0.15) is 12.8 Å². The molecule has 5 heteroatoms. The van der Waals surface area contributed by atoms with Crippen molar-refractivity contribution in [3.05, 3.63) is 30.3 Å². The average molecular weight is 298 g/mol. The number of carbonyl (C=O) groups excluding carboxylic acids is 1. The standard InChI is InChI=1S/C15H19NO3.ClH/c17-15(11-18-13-4-2-1-3-5-13)19-14-10-16-8-6-12(14)7-9-16;/h1-5,12,14H,6-11H2;1H. The Hall–Kier alpha value is -1.26. The summed E-state index contributed by atoms with van der Waals surface area (Å²) in [4.78, 5) is 14.2. The van der Waals surface area contributed by atoms with Crippen molar-refractivity contribution in [3.8, 4) is 5.75 Å². The lowest BCUT2D eigenvalue weighted by Gasteiger charge is -2.43. The SMILES string of the molecule is Cl.O=C(COc1ccccc1)OC1CN2CCC1CC2. The lowest BCUT2D eigenvalue weighted by Crippen LogP contribution is -2.52. The Morgan fingerprint density at radius 2 is 1.90 bits per heavy atom. The second-order valence-corrected chi connectivity index (χ2v) is 5.27. The van der Waals surface area contributed by atoms with Gasteiger partial charge >= 0.3 is 5.97 Å². The molecule has 0 radical (unpaired) electrons. The number of ether oxygens (including phenoxy) is 2. The summed E-state index contributed by atoms with van der Waals surface area (Å²) in [6.45, 7) is 3.19. The molecular weight excluding hydrogens is 278 g/mol. The molecule has 0 amide bonds. The van der Waals surface area contributed by atoms with Gasteiger partial charge in [0, 0.05) is 6.54 Å². The van der Waals surface area contributed by atoms with Crippen LogP contribution in [-0.2, 0) is 9.53 Å². The number of esters is 1. The minimum Gasteiger partial charge on any atom is -0.482 e. The van der Waals surface area contributed by atoms with Crippen LogP contribution in [0, 0.1) is 5.92 Å². The number of benzene rings is 1. The number of halogens is 1. The second-order valence-electron chi connectivity index (χ2n) is 5.27. The summed E-state index contributed by atoms with van der Waals surface area (Å²) in [6, 6.07) is 9.35. The summed E-state index contributed by atoms with van der Waals surface area (Å²) in [5, 5.41) is 0. The van der Waals surface area contributed by atoms with Gasteiger partial charge in [-0.05, 0) is 44.0 Å². The van der Waals surface area contributed by atoms with E-state index in [0.29, 0.717) is 11.7 Å². The fourth-order valence-electron chi connectivity index (χ4n) is 2.91. The number of para-hydroxylation sites is 1. The first-order valence-corrected chi connectivity index (χ1v) is 6.91. The van der Waals surface area contributed by atoms with E-state index in [-0.39, 0.29) is 31.1 Å². The van der Waals surface area contributed by atoms with Crippen molar-refractivity contribution in [2.45, 2.75) is 18.9 Å². The molecule has 1 aromatic carbocycles. The summed E-state index contributed by atoms with van der Waals surface area (Å²) in [7, 11) is 0. The highest BCUT2D eigenvalue weighted by Crippen LogP contribution is 2.29. The van der Waals surface area contributed by atoms with Crippen molar-refractivity contribution in [2.75, 3.05) is 26.2 Å². The van der Waals surface area contributed by atoms with Gasteiger partial charge in [0.05, 0.1) is 0 Å². The highest BCUT2D eigenvalue weighted by atomic mass is 35.5. The largest absolute Gasteiger partial charge is 0.482 e. The van der Waals surface area contributed by atoms with Crippen molar-refractivity contribution in [1.82, 2.24) is 4.90 Å². The van der Waals surface area contributed by atoms with E-state index >= 15 is 0 Å². The summed E-state index contributed by atoms with van der Waals surface area (Å²) < 4.78 is 10.9. The molecule has 110 valence electrons. The Labute approximate surface area is 125 Å². The van der Waals surface area contributed by atoms with Crippen LogP contribution in [0.4, 0.5) is 0 Å². The first kappa shape index (κ1) is 15.1.